The first kappa shape index (κ1) is 18.2. The highest BCUT2D eigenvalue weighted by Crippen LogP contribution is 2.24. The van der Waals surface area contributed by atoms with E-state index in [4.69, 9.17) is 4.74 Å². The van der Waals surface area contributed by atoms with Crippen LogP contribution in [0.5, 0.6) is 0 Å². The van der Waals surface area contributed by atoms with Gasteiger partial charge in [0.1, 0.15) is 5.82 Å². The van der Waals surface area contributed by atoms with Crippen molar-refractivity contribution in [2.75, 3.05) is 33.4 Å². The minimum atomic E-state index is -0.192. The number of benzene rings is 1. The van der Waals surface area contributed by atoms with Crippen molar-refractivity contribution >= 4 is 29.9 Å². The maximum absolute atomic E-state index is 13.0. The second kappa shape index (κ2) is 8.53. The van der Waals surface area contributed by atoms with Crippen LogP contribution in [0.3, 0.4) is 0 Å². The Labute approximate surface area is 142 Å². The zero-order valence-electron chi connectivity index (χ0n) is 12.5. The highest BCUT2D eigenvalue weighted by molar-refractivity contribution is 14.0. The molecular weight excluding hydrogens is 384 g/mol. The van der Waals surface area contributed by atoms with Gasteiger partial charge in [-0.2, -0.15) is 0 Å². The summed E-state index contributed by atoms with van der Waals surface area (Å²) in [6.45, 7) is 5.33. The zero-order valence-corrected chi connectivity index (χ0v) is 14.8. The number of hydrogen-bond donors (Lipinski definition) is 2. The fourth-order valence-corrected chi connectivity index (χ4v) is 2.09. The second-order valence-corrected chi connectivity index (χ2v) is 5.54. The first-order chi connectivity index (χ1) is 9.61. The quantitative estimate of drug-likeness (QED) is 0.447. The fraction of sp³-hybridized carbons (Fsp3) is 0.533. The highest BCUT2D eigenvalue weighted by atomic mass is 127. The van der Waals surface area contributed by atoms with Crippen molar-refractivity contribution in [1.82, 2.24) is 10.6 Å². The molecule has 2 rings (SSSR count). The van der Waals surface area contributed by atoms with Crippen LogP contribution in [0.1, 0.15) is 12.5 Å². The van der Waals surface area contributed by atoms with Crippen molar-refractivity contribution in [2.45, 2.75) is 13.3 Å². The van der Waals surface area contributed by atoms with Crippen molar-refractivity contribution in [3.8, 4) is 0 Å². The van der Waals surface area contributed by atoms with Gasteiger partial charge in [-0.05, 0) is 24.1 Å². The molecule has 0 atom stereocenters. The van der Waals surface area contributed by atoms with E-state index in [1.165, 1.54) is 6.07 Å². The summed E-state index contributed by atoms with van der Waals surface area (Å²) in [5, 5.41) is 6.53. The van der Waals surface area contributed by atoms with E-state index < -0.39 is 0 Å². The Hall–Kier alpha value is -0.890. The summed E-state index contributed by atoms with van der Waals surface area (Å²) in [5.74, 6) is 0.581. The Morgan fingerprint density at radius 1 is 1.38 bits per heavy atom. The van der Waals surface area contributed by atoms with Gasteiger partial charge in [0.15, 0.2) is 5.96 Å². The summed E-state index contributed by atoms with van der Waals surface area (Å²) in [5.41, 5.74) is 1.19. The maximum atomic E-state index is 13.0. The van der Waals surface area contributed by atoms with Gasteiger partial charge in [-0.3, -0.25) is 4.99 Å². The summed E-state index contributed by atoms with van der Waals surface area (Å²) in [7, 11) is 1.75. The molecule has 1 aromatic carbocycles. The number of ether oxygens (including phenoxy) is 1. The summed E-state index contributed by atoms with van der Waals surface area (Å²) >= 11 is 0. The normalized spacial score (nSPS) is 16.6. The molecule has 1 heterocycles. The molecule has 0 aromatic heterocycles. The summed E-state index contributed by atoms with van der Waals surface area (Å²) in [6, 6.07) is 6.67. The van der Waals surface area contributed by atoms with Gasteiger partial charge in [-0.15, -0.1) is 24.0 Å². The smallest absolute Gasteiger partial charge is 0.191 e. The van der Waals surface area contributed by atoms with E-state index in [0.717, 1.165) is 44.2 Å². The van der Waals surface area contributed by atoms with Crippen molar-refractivity contribution in [3.05, 3.63) is 35.6 Å². The average molecular weight is 407 g/mol. The van der Waals surface area contributed by atoms with Crippen molar-refractivity contribution in [2.24, 2.45) is 10.4 Å². The number of guanidine groups is 1. The predicted octanol–water partition coefficient (Wildman–Crippen LogP) is 2.19. The zero-order chi connectivity index (χ0) is 14.4. The number of halogens is 2. The molecule has 0 radical (unpaired) electrons. The molecule has 0 amide bonds. The monoisotopic (exact) mass is 407 g/mol. The third kappa shape index (κ3) is 5.78. The van der Waals surface area contributed by atoms with Gasteiger partial charge >= 0.3 is 0 Å². The van der Waals surface area contributed by atoms with E-state index in [-0.39, 0.29) is 35.2 Å². The molecule has 0 aliphatic carbocycles. The number of hydrogen-bond acceptors (Lipinski definition) is 2. The van der Waals surface area contributed by atoms with Gasteiger partial charge in [0.25, 0.3) is 0 Å². The van der Waals surface area contributed by atoms with Crippen LogP contribution in [0.2, 0.25) is 0 Å². The average Bonchev–Trinajstić information content (AvgIpc) is 2.40. The van der Waals surface area contributed by atoms with E-state index in [9.17, 15) is 4.39 Å². The van der Waals surface area contributed by atoms with Crippen LogP contribution in [0, 0.1) is 11.2 Å². The topological polar surface area (TPSA) is 45.7 Å². The van der Waals surface area contributed by atoms with Crippen molar-refractivity contribution in [3.63, 3.8) is 0 Å². The van der Waals surface area contributed by atoms with Crippen molar-refractivity contribution in [1.29, 1.82) is 0 Å². The molecule has 1 aromatic rings. The molecule has 4 nitrogen and oxygen atoms in total. The molecule has 1 aliphatic heterocycles. The van der Waals surface area contributed by atoms with Gasteiger partial charge in [0.05, 0.1) is 13.2 Å². The SMILES string of the molecule is CN=C(NCCc1cccc(F)c1)NCC1(C)COC1.I. The number of nitrogens with one attached hydrogen (secondary N) is 2. The Morgan fingerprint density at radius 2 is 2.14 bits per heavy atom. The Bertz CT molecular complexity index is 478. The first-order valence-corrected chi connectivity index (χ1v) is 6.88. The van der Waals surface area contributed by atoms with Crippen molar-refractivity contribution < 1.29 is 9.13 Å². The molecular formula is C15H23FIN3O. The van der Waals surface area contributed by atoms with Crippen LogP contribution < -0.4 is 10.6 Å². The van der Waals surface area contributed by atoms with Gasteiger partial charge in [-0.25, -0.2) is 4.39 Å². The molecule has 0 saturated carbocycles. The van der Waals surface area contributed by atoms with Crippen LogP contribution in [-0.4, -0.2) is 39.3 Å². The molecule has 0 bridgehead atoms. The molecule has 1 fully saturated rings. The molecule has 6 heteroatoms. The van der Waals surface area contributed by atoms with E-state index in [1.54, 1.807) is 19.2 Å². The lowest BCUT2D eigenvalue weighted by Gasteiger charge is -2.38. The van der Waals surface area contributed by atoms with Crippen LogP contribution in [-0.2, 0) is 11.2 Å². The minimum Gasteiger partial charge on any atom is -0.380 e. The largest absolute Gasteiger partial charge is 0.380 e. The molecule has 21 heavy (non-hydrogen) atoms. The maximum Gasteiger partial charge on any atom is 0.191 e. The van der Waals surface area contributed by atoms with Crippen LogP contribution >= 0.6 is 24.0 Å². The minimum absolute atomic E-state index is 0. The Morgan fingerprint density at radius 3 is 2.71 bits per heavy atom. The highest BCUT2D eigenvalue weighted by Gasteiger charge is 2.33. The lowest BCUT2D eigenvalue weighted by Crippen LogP contribution is -2.51. The molecule has 0 unspecified atom stereocenters. The lowest BCUT2D eigenvalue weighted by atomic mass is 9.89. The third-order valence-electron chi connectivity index (χ3n) is 3.40. The molecule has 1 saturated heterocycles. The van der Waals surface area contributed by atoms with Crippen LogP contribution in [0.15, 0.2) is 29.3 Å². The summed E-state index contributed by atoms with van der Waals surface area (Å²) in [6.07, 6.45) is 0.763. The van der Waals surface area contributed by atoms with E-state index in [2.05, 4.69) is 22.5 Å². The lowest BCUT2D eigenvalue weighted by molar-refractivity contribution is -0.0971. The fourth-order valence-electron chi connectivity index (χ4n) is 2.09. The van der Waals surface area contributed by atoms with Crippen LogP contribution in [0.4, 0.5) is 4.39 Å². The van der Waals surface area contributed by atoms with Gasteiger partial charge < -0.3 is 15.4 Å². The molecule has 1 aliphatic rings. The number of aliphatic imine (C=N–C) groups is 1. The van der Waals surface area contributed by atoms with E-state index >= 15 is 0 Å². The Balaban J connectivity index is 0.00000220. The van der Waals surface area contributed by atoms with Gasteiger partial charge in [0.2, 0.25) is 0 Å². The number of nitrogens with zero attached hydrogens (tertiary/aromatic N) is 1. The number of rotatable bonds is 5. The molecule has 118 valence electrons. The van der Waals surface area contributed by atoms with Crippen LogP contribution in [0.25, 0.3) is 0 Å². The standard InChI is InChI=1S/C15H22FN3O.HI/c1-15(10-20-11-15)9-19-14(17-2)18-7-6-12-4-3-5-13(16)8-12;/h3-5,8H,6-7,9-11H2,1-2H3,(H2,17,18,19);1H. The second-order valence-electron chi connectivity index (χ2n) is 5.54. The molecule has 2 N–H and O–H groups in total. The molecule has 0 spiro atoms. The summed E-state index contributed by atoms with van der Waals surface area (Å²) < 4.78 is 18.3. The van der Waals surface area contributed by atoms with E-state index in [1.807, 2.05) is 6.07 Å². The third-order valence-corrected chi connectivity index (χ3v) is 3.40. The Kier molecular flexibility index (Phi) is 7.37. The van der Waals surface area contributed by atoms with Gasteiger partial charge in [-0.1, -0.05) is 19.1 Å². The summed E-state index contributed by atoms with van der Waals surface area (Å²) in [4.78, 5) is 4.18. The predicted molar refractivity (Wildman–Crippen MR) is 93.8 cm³/mol. The van der Waals surface area contributed by atoms with Gasteiger partial charge in [0, 0.05) is 25.6 Å². The van der Waals surface area contributed by atoms with E-state index in [0.29, 0.717) is 0 Å². The first-order valence-electron chi connectivity index (χ1n) is 6.88.